The van der Waals surface area contributed by atoms with Crippen LogP contribution in [-0.4, -0.2) is 19.8 Å². The van der Waals surface area contributed by atoms with Crippen LogP contribution in [0.5, 0.6) is 0 Å². The summed E-state index contributed by atoms with van der Waals surface area (Å²) in [6.07, 6.45) is 1.10. The summed E-state index contributed by atoms with van der Waals surface area (Å²) < 4.78 is 28.3. The normalized spacial score (nSPS) is 11.8. The highest BCUT2D eigenvalue weighted by molar-refractivity contribution is 7.88. The lowest BCUT2D eigenvalue weighted by molar-refractivity contribution is 0.390. The van der Waals surface area contributed by atoms with Crippen LogP contribution >= 0.6 is 0 Å². The highest BCUT2D eigenvalue weighted by Crippen LogP contribution is 2.00. The smallest absolute Gasteiger partial charge is 0.209 e. The number of hydrogen-bond acceptors (Lipinski definition) is 4. The van der Waals surface area contributed by atoms with Crippen molar-refractivity contribution in [3.8, 4) is 0 Å². The Kier molecular flexibility index (Phi) is 2.49. The minimum Gasteiger partial charge on any atom is -0.361 e. The van der Waals surface area contributed by atoms with Crippen molar-refractivity contribution in [3.63, 3.8) is 0 Å². The third kappa shape index (κ3) is 3.02. The van der Waals surface area contributed by atoms with E-state index >= 15 is 0 Å². The van der Waals surface area contributed by atoms with Crippen molar-refractivity contribution in [1.29, 1.82) is 0 Å². The second-order valence-electron chi connectivity index (χ2n) is 2.52. The first-order valence-electron chi connectivity index (χ1n) is 3.34. The number of nitrogens with zero attached hydrogens (tertiary/aromatic N) is 1. The van der Waals surface area contributed by atoms with E-state index in [1.807, 2.05) is 0 Å². The Morgan fingerprint density at radius 2 is 2.33 bits per heavy atom. The van der Waals surface area contributed by atoms with Crippen LogP contribution in [0.4, 0.5) is 0 Å². The summed E-state index contributed by atoms with van der Waals surface area (Å²) in [6, 6.07) is 1.68. The van der Waals surface area contributed by atoms with Crippen molar-refractivity contribution < 1.29 is 12.9 Å². The zero-order chi connectivity index (χ0) is 9.19. The second kappa shape index (κ2) is 3.24. The molecule has 68 valence electrons. The van der Waals surface area contributed by atoms with Crippen molar-refractivity contribution in [1.82, 2.24) is 9.88 Å². The van der Waals surface area contributed by atoms with Crippen LogP contribution in [-0.2, 0) is 16.6 Å². The molecule has 12 heavy (non-hydrogen) atoms. The van der Waals surface area contributed by atoms with Gasteiger partial charge in [0.15, 0.2) is 0 Å². The molecule has 5 nitrogen and oxygen atoms in total. The lowest BCUT2D eigenvalue weighted by atomic mass is 10.4. The van der Waals surface area contributed by atoms with E-state index in [1.165, 1.54) is 0 Å². The first-order valence-corrected chi connectivity index (χ1v) is 5.23. The summed E-state index contributed by atoms with van der Waals surface area (Å²) in [5, 5.41) is 3.62. The Hall–Kier alpha value is -0.880. The molecule has 1 heterocycles. The summed E-state index contributed by atoms with van der Waals surface area (Å²) in [7, 11) is -3.14. The van der Waals surface area contributed by atoms with Gasteiger partial charge in [0.1, 0.15) is 5.76 Å². The van der Waals surface area contributed by atoms with Crippen molar-refractivity contribution in [3.05, 3.63) is 17.5 Å². The fourth-order valence-electron chi connectivity index (χ4n) is 0.706. The fraction of sp³-hybridized carbons (Fsp3) is 0.500. The van der Waals surface area contributed by atoms with Gasteiger partial charge in [-0.05, 0) is 6.92 Å². The molecular formula is C6H10N2O3S. The van der Waals surface area contributed by atoms with Crippen LogP contribution in [0.3, 0.4) is 0 Å². The van der Waals surface area contributed by atoms with Gasteiger partial charge in [-0.3, -0.25) is 0 Å². The van der Waals surface area contributed by atoms with Gasteiger partial charge in [0, 0.05) is 6.07 Å². The molecule has 0 aromatic carbocycles. The molecule has 0 aliphatic rings. The Morgan fingerprint density at radius 3 is 2.75 bits per heavy atom. The number of sulfonamides is 1. The van der Waals surface area contributed by atoms with E-state index in [9.17, 15) is 8.42 Å². The predicted molar refractivity (Wildman–Crippen MR) is 42.9 cm³/mol. The molecule has 1 aromatic heterocycles. The molecule has 0 bridgehead atoms. The highest BCUT2D eigenvalue weighted by atomic mass is 32.2. The van der Waals surface area contributed by atoms with E-state index in [-0.39, 0.29) is 6.54 Å². The number of rotatable bonds is 3. The number of hydrogen-bond donors (Lipinski definition) is 1. The maximum atomic E-state index is 10.6. The highest BCUT2D eigenvalue weighted by Gasteiger charge is 2.03. The second-order valence-corrected chi connectivity index (χ2v) is 4.36. The Bertz CT molecular complexity index is 355. The van der Waals surface area contributed by atoms with E-state index in [1.54, 1.807) is 13.0 Å². The molecule has 1 N–H and O–H groups in total. The number of aryl methyl sites for hydroxylation is 1. The van der Waals surface area contributed by atoms with Crippen LogP contribution in [0.2, 0.25) is 0 Å². The molecule has 0 fully saturated rings. The monoisotopic (exact) mass is 190 g/mol. The van der Waals surface area contributed by atoms with Gasteiger partial charge in [-0.2, -0.15) is 0 Å². The Balaban J connectivity index is 2.55. The zero-order valence-electron chi connectivity index (χ0n) is 6.86. The van der Waals surface area contributed by atoms with Gasteiger partial charge < -0.3 is 4.52 Å². The molecule has 0 saturated carbocycles. The van der Waals surface area contributed by atoms with Crippen molar-refractivity contribution in [2.45, 2.75) is 13.5 Å². The molecule has 0 spiro atoms. The molecule has 0 atom stereocenters. The molecule has 0 radical (unpaired) electrons. The van der Waals surface area contributed by atoms with Crippen LogP contribution in [0.15, 0.2) is 10.6 Å². The van der Waals surface area contributed by atoms with Gasteiger partial charge in [0.25, 0.3) is 0 Å². The zero-order valence-corrected chi connectivity index (χ0v) is 7.68. The topological polar surface area (TPSA) is 72.2 Å². The van der Waals surface area contributed by atoms with Gasteiger partial charge >= 0.3 is 0 Å². The van der Waals surface area contributed by atoms with Crippen LogP contribution < -0.4 is 4.72 Å². The van der Waals surface area contributed by atoms with Gasteiger partial charge in [0.05, 0.1) is 18.5 Å². The van der Waals surface area contributed by atoms with E-state index in [2.05, 4.69) is 9.88 Å². The molecule has 0 saturated heterocycles. The van der Waals surface area contributed by atoms with E-state index < -0.39 is 10.0 Å². The van der Waals surface area contributed by atoms with Crippen molar-refractivity contribution in [2.24, 2.45) is 0 Å². The van der Waals surface area contributed by atoms with Gasteiger partial charge in [-0.15, -0.1) is 0 Å². The minimum absolute atomic E-state index is 0.177. The summed E-state index contributed by atoms with van der Waals surface area (Å²) in [5.41, 5.74) is 0.581. The SMILES string of the molecule is Cc1cc(CNS(C)(=O)=O)no1. The van der Waals surface area contributed by atoms with E-state index in [4.69, 9.17) is 4.52 Å². The summed E-state index contributed by atoms with van der Waals surface area (Å²) >= 11 is 0. The average molecular weight is 190 g/mol. The Labute approximate surface area is 70.8 Å². The first-order chi connectivity index (χ1) is 5.47. The molecule has 0 amide bonds. The van der Waals surface area contributed by atoms with Crippen molar-refractivity contribution >= 4 is 10.0 Å². The fourth-order valence-corrected chi connectivity index (χ4v) is 1.12. The average Bonchev–Trinajstić information content (AvgIpc) is 2.30. The van der Waals surface area contributed by atoms with Gasteiger partial charge in [0.2, 0.25) is 10.0 Å². The quantitative estimate of drug-likeness (QED) is 0.730. The van der Waals surface area contributed by atoms with Crippen molar-refractivity contribution in [2.75, 3.05) is 6.26 Å². The molecular weight excluding hydrogens is 180 g/mol. The molecule has 6 heteroatoms. The molecule has 1 aromatic rings. The molecule has 0 aliphatic heterocycles. The van der Waals surface area contributed by atoms with E-state index in [0.717, 1.165) is 6.26 Å². The summed E-state index contributed by atoms with van der Waals surface area (Å²) in [4.78, 5) is 0. The standard InChI is InChI=1S/C6H10N2O3S/c1-5-3-6(8-11-5)4-7-12(2,9)10/h3,7H,4H2,1-2H3. The predicted octanol–water partition coefficient (Wildman–Crippen LogP) is 0.0322. The summed E-state index contributed by atoms with van der Waals surface area (Å²) in [6.45, 7) is 1.92. The third-order valence-electron chi connectivity index (χ3n) is 1.19. The molecule has 1 rings (SSSR count). The molecule has 0 unspecified atom stereocenters. The van der Waals surface area contributed by atoms with Crippen LogP contribution in [0, 0.1) is 6.92 Å². The maximum absolute atomic E-state index is 10.6. The lowest BCUT2D eigenvalue weighted by Crippen LogP contribution is -2.21. The van der Waals surface area contributed by atoms with Crippen LogP contribution in [0.25, 0.3) is 0 Å². The minimum atomic E-state index is -3.14. The third-order valence-corrected chi connectivity index (χ3v) is 1.86. The maximum Gasteiger partial charge on any atom is 0.209 e. The van der Waals surface area contributed by atoms with Crippen LogP contribution in [0.1, 0.15) is 11.5 Å². The van der Waals surface area contributed by atoms with E-state index in [0.29, 0.717) is 11.5 Å². The first kappa shape index (κ1) is 9.21. The summed E-state index contributed by atoms with van der Waals surface area (Å²) in [5.74, 6) is 0.667. The lowest BCUT2D eigenvalue weighted by Gasteiger charge is -1.95. The van der Waals surface area contributed by atoms with Gasteiger partial charge in [-0.1, -0.05) is 5.16 Å². The Morgan fingerprint density at radius 1 is 1.67 bits per heavy atom. The number of aromatic nitrogens is 1. The number of nitrogens with one attached hydrogen (secondary N) is 1. The molecule has 0 aliphatic carbocycles. The largest absolute Gasteiger partial charge is 0.361 e. The van der Waals surface area contributed by atoms with Gasteiger partial charge in [-0.25, -0.2) is 13.1 Å².